The summed E-state index contributed by atoms with van der Waals surface area (Å²) in [5.74, 6) is 1.02. The van der Waals surface area contributed by atoms with E-state index >= 15 is 0 Å². The number of anilines is 2. The van der Waals surface area contributed by atoms with Gasteiger partial charge in [-0.1, -0.05) is 11.8 Å². The molecule has 0 aliphatic carbocycles. The molecule has 102 valence electrons. The number of thioether (sulfide) groups is 1. The summed E-state index contributed by atoms with van der Waals surface area (Å²) in [6, 6.07) is 1.61. The lowest BCUT2D eigenvalue weighted by Crippen LogP contribution is -2.27. The van der Waals surface area contributed by atoms with E-state index in [4.69, 9.17) is 5.11 Å². The van der Waals surface area contributed by atoms with Gasteiger partial charge < -0.3 is 15.7 Å². The number of rotatable bonds is 7. The number of aliphatic hydroxyl groups excluding tert-OH is 1. The monoisotopic (exact) mass is 278 g/mol. The van der Waals surface area contributed by atoms with Crippen LogP contribution in [0.2, 0.25) is 0 Å². The second kappa shape index (κ2) is 7.32. The molecule has 1 unspecified atom stereocenters. The van der Waals surface area contributed by atoms with Crippen LogP contribution >= 0.6 is 11.8 Å². The van der Waals surface area contributed by atoms with E-state index in [0.29, 0.717) is 23.3 Å². The van der Waals surface area contributed by atoms with Crippen LogP contribution in [-0.4, -0.2) is 46.9 Å². The van der Waals surface area contributed by atoms with E-state index < -0.39 is 12.5 Å². The molecule has 0 radical (unpaired) electrons. The topological polar surface area (TPSA) is 70.1 Å². The molecule has 0 bridgehead atoms. The fourth-order valence-corrected chi connectivity index (χ4v) is 1.56. The van der Waals surface area contributed by atoms with Gasteiger partial charge in [-0.15, -0.1) is 0 Å². The Morgan fingerprint density at radius 1 is 1.33 bits per heavy atom. The highest BCUT2D eigenvalue weighted by molar-refractivity contribution is 7.98. The third kappa shape index (κ3) is 4.61. The van der Waals surface area contributed by atoms with Gasteiger partial charge in [0.2, 0.25) is 0 Å². The standard InChI is InChI=1S/C10H16F2N4OS/c1-3-13-7-4-8(16-10(15-7)18-2)14-5-6(17)9(11)12/h4,6,9,17H,3,5H2,1-2H3,(H2,13,14,15,16). The third-order valence-electron chi connectivity index (χ3n) is 2.03. The van der Waals surface area contributed by atoms with E-state index in [-0.39, 0.29) is 6.54 Å². The number of nitrogens with zero attached hydrogens (tertiary/aromatic N) is 2. The van der Waals surface area contributed by atoms with Crippen molar-refractivity contribution in [2.75, 3.05) is 30.0 Å². The fourth-order valence-electron chi connectivity index (χ4n) is 1.18. The average molecular weight is 278 g/mol. The highest BCUT2D eigenvalue weighted by Gasteiger charge is 2.16. The largest absolute Gasteiger partial charge is 0.385 e. The van der Waals surface area contributed by atoms with Gasteiger partial charge >= 0.3 is 0 Å². The molecule has 8 heteroatoms. The Hall–Kier alpha value is -1.15. The normalized spacial score (nSPS) is 12.6. The van der Waals surface area contributed by atoms with E-state index in [1.165, 1.54) is 11.8 Å². The van der Waals surface area contributed by atoms with Crippen LogP contribution < -0.4 is 10.6 Å². The Morgan fingerprint density at radius 2 is 1.94 bits per heavy atom. The summed E-state index contributed by atoms with van der Waals surface area (Å²) in [6.07, 6.45) is -2.66. The molecule has 0 spiro atoms. The van der Waals surface area contributed by atoms with E-state index in [0.717, 1.165) is 0 Å². The summed E-state index contributed by atoms with van der Waals surface area (Å²) in [5.41, 5.74) is 0. The summed E-state index contributed by atoms with van der Waals surface area (Å²) < 4.78 is 24.3. The molecule has 0 aromatic carbocycles. The van der Waals surface area contributed by atoms with Gasteiger partial charge in [0.1, 0.15) is 17.7 Å². The Labute approximate surface area is 108 Å². The van der Waals surface area contributed by atoms with Crippen LogP contribution in [0.15, 0.2) is 11.2 Å². The van der Waals surface area contributed by atoms with Crippen LogP contribution in [0.25, 0.3) is 0 Å². The van der Waals surface area contributed by atoms with Crippen molar-refractivity contribution < 1.29 is 13.9 Å². The van der Waals surface area contributed by atoms with Crippen molar-refractivity contribution in [1.82, 2.24) is 9.97 Å². The van der Waals surface area contributed by atoms with E-state index in [1.54, 1.807) is 6.07 Å². The Morgan fingerprint density at radius 3 is 2.44 bits per heavy atom. The predicted molar refractivity (Wildman–Crippen MR) is 68.5 cm³/mol. The van der Waals surface area contributed by atoms with Crippen molar-refractivity contribution in [2.24, 2.45) is 0 Å². The highest BCUT2D eigenvalue weighted by Crippen LogP contribution is 2.17. The Bertz CT molecular complexity index is 381. The second-order valence-electron chi connectivity index (χ2n) is 3.44. The van der Waals surface area contributed by atoms with Crippen LogP contribution in [0.3, 0.4) is 0 Å². The van der Waals surface area contributed by atoms with Crippen molar-refractivity contribution >= 4 is 23.4 Å². The van der Waals surface area contributed by atoms with Gasteiger partial charge in [-0.25, -0.2) is 18.7 Å². The molecule has 0 aliphatic heterocycles. The van der Waals surface area contributed by atoms with Crippen LogP contribution in [0.1, 0.15) is 6.92 Å². The summed E-state index contributed by atoms with van der Waals surface area (Å²) >= 11 is 1.35. The summed E-state index contributed by atoms with van der Waals surface area (Å²) in [5, 5.41) is 15.2. The van der Waals surface area contributed by atoms with Crippen LogP contribution in [-0.2, 0) is 0 Å². The maximum Gasteiger partial charge on any atom is 0.265 e. The smallest absolute Gasteiger partial charge is 0.265 e. The van der Waals surface area contributed by atoms with Gasteiger partial charge in [0.15, 0.2) is 5.16 Å². The molecule has 1 aromatic rings. The lowest BCUT2D eigenvalue weighted by atomic mass is 10.3. The van der Waals surface area contributed by atoms with Crippen molar-refractivity contribution in [3.05, 3.63) is 6.07 Å². The first-order chi connectivity index (χ1) is 8.56. The lowest BCUT2D eigenvalue weighted by molar-refractivity contribution is 0.00380. The molecule has 1 rings (SSSR count). The highest BCUT2D eigenvalue weighted by atomic mass is 32.2. The van der Waals surface area contributed by atoms with E-state index in [2.05, 4.69) is 20.6 Å². The molecule has 0 saturated heterocycles. The maximum atomic E-state index is 12.1. The minimum absolute atomic E-state index is 0.256. The number of nitrogens with one attached hydrogen (secondary N) is 2. The Kier molecular flexibility index (Phi) is 6.06. The van der Waals surface area contributed by atoms with Gasteiger partial charge in [0, 0.05) is 19.2 Å². The molecular formula is C10H16F2N4OS. The minimum Gasteiger partial charge on any atom is -0.385 e. The molecule has 0 amide bonds. The van der Waals surface area contributed by atoms with Gasteiger partial charge in [-0.2, -0.15) is 0 Å². The van der Waals surface area contributed by atoms with Gasteiger partial charge in [-0.3, -0.25) is 0 Å². The van der Waals surface area contributed by atoms with Crippen LogP contribution in [0.4, 0.5) is 20.4 Å². The molecule has 5 nitrogen and oxygen atoms in total. The number of halogens is 2. The molecule has 1 atom stereocenters. The number of hydrogen-bond acceptors (Lipinski definition) is 6. The van der Waals surface area contributed by atoms with E-state index in [9.17, 15) is 8.78 Å². The van der Waals surface area contributed by atoms with E-state index in [1.807, 2.05) is 13.2 Å². The fraction of sp³-hybridized carbons (Fsp3) is 0.600. The Balaban J connectivity index is 2.71. The number of aliphatic hydroxyl groups is 1. The van der Waals surface area contributed by atoms with Crippen molar-refractivity contribution in [3.8, 4) is 0 Å². The number of aromatic nitrogens is 2. The van der Waals surface area contributed by atoms with Gasteiger partial charge in [0.05, 0.1) is 0 Å². The first kappa shape index (κ1) is 14.9. The zero-order valence-corrected chi connectivity index (χ0v) is 11.0. The minimum atomic E-state index is -2.77. The number of alkyl halides is 2. The van der Waals surface area contributed by atoms with Crippen LogP contribution in [0.5, 0.6) is 0 Å². The molecule has 3 N–H and O–H groups in total. The van der Waals surface area contributed by atoms with Gasteiger partial charge in [0.25, 0.3) is 6.43 Å². The first-order valence-electron chi connectivity index (χ1n) is 5.43. The van der Waals surface area contributed by atoms with Crippen molar-refractivity contribution in [3.63, 3.8) is 0 Å². The maximum absolute atomic E-state index is 12.1. The lowest BCUT2D eigenvalue weighted by Gasteiger charge is -2.12. The van der Waals surface area contributed by atoms with Gasteiger partial charge in [-0.05, 0) is 13.2 Å². The predicted octanol–water partition coefficient (Wildman–Crippen LogP) is 1.67. The first-order valence-corrected chi connectivity index (χ1v) is 6.66. The molecule has 0 aliphatic rings. The summed E-state index contributed by atoms with van der Waals surface area (Å²) in [4.78, 5) is 8.30. The zero-order chi connectivity index (χ0) is 13.5. The quantitative estimate of drug-likeness (QED) is 0.520. The zero-order valence-electron chi connectivity index (χ0n) is 10.2. The van der Waals surface area contributed by atoms with Crippen molar-refractivity contribution in [2.45, 2.75) is 24.6 Å². The molecule has 1 heterocycles. The summed E-state index contributed by atoms with van der Waals surface area (Å²) in [6.45, 7) is 2.37. The average Bonchev–Trinajstić information content (AvgIpc) is 2.35. The molecule has 1 aromatic heterocycles. The van der Waals surface area contributed by atoms with Crippen molar-refractivity contribution in [1.29, 1.82) is 0 Å². The molecular weight excluding hydrogens is 262 g/mol. The molecule has 0 saturated carbocycles. The third-order valence-corrected chi connectivity index (χ3v) is 2.58. The molecule has 0 fully saturated rings. The molecule has 18 heavy (non-hydrogen) atoms. The summed E-state index contributed by atoms with van der Waals surface area (Å²) in [7, 11) is 0. The SMILES string of the molecule is CCNc1cc(NCC(O)C(F)F)nc(SC)n1. The number of hydrogen-bond donors (Lipinski definition) is 3. The second-order valence-corrected chi connectivity index (χ2v) is 4.21. The van der Waals surface area contributed by atoms with Crippen LogP contribution in [0, 0.1) is 0 Å².